The molecule has 0 atom stereocenters. The Hall–Kier alpha value is -2.83. The smallest absolute Gasteiger partial charge is 0.407 e. The van der Waals surface area contributed by atoms with Gasteiger partial charge in [0.15, 0.2) is 0 Å². The molecule has 7 heteroatoms. The molecule has 1 saturated carbocycles. The third-order valence-corrected chi connectivity index (χ3v) is 4.92. The molecule has 0 aliphatic heterocycles. The molecule has 2 rings (SSSR count). The summed E-state index contributed by atoms with van der Waals surface area (Å²) in [6, 6.07) is 8.73. The molecule has 1 aromatic carbocycles. The second-order valence-electron chi connectivity index (χ2n) is 8.56. The number of alkyl carbamates (subject to hydrolysis) is 1. The van der Waals surface area contributed by atoms with Gasteiger partial charge in [-0.1, -0.05) is 24.3 Å². The summed E-state index contributed by atoms with van der Waals surface area (Å²) in [6.07, 6.45) is 4.95. The van der Waals surface area contributed by atoms with Gasteiger partial charge in [-0.25, -0.2) is 9.59 Å². The maximum absolute atomic E-state index is 12.4. The van der Waals surface area contributed by atoms with Gasteiger partial charge in [0.05, 0.1) is 7.11 Å². The second kappa shape index (κ2) is 10.8. The number of allylic oxidation sites excluding steroid dienone is 1. The van der Waals surface area contributed by atoms with Crippen LogP contribution in [0.2, 0.25) is 0 Å². The van der Waals surface area contributed by atoms with E-state index < -0.39 is 17.7 Å². The van der Waals surface area contributed by atoms with Crippen LogP contribution in [-0.4, -0.2) is 37.2 Å². The molecule has 1 fully saturated rings. The predicted octanol–water partition coefficient (Wildman–Crippen LogP) is 3.80. The molecule has 0 aromatic heterocycles. The normalized spacial score (nSPS) is 19.5. The van der Waals surface area contributed by atoms with Crippen LogP contribution in [0.5, 0.6) is 0 Å². The number of ether oxygens (including phenoxy) is 2. The predicted molar refractivity (Wildman–Crippen MR) is 114 cm³/mol. The van der Waals surface area contributed by atoms with Crippen molar-refractivity contribution >= 4 is 18.0 Å². The van der Waals surface area contributed by atoms with E-state index in [0.29, 0.717) is 18.0 Å². The molecule has 2 amide bonds. The van der Waals surface area contributed by atoms with Crippen molar-refractivity contribution in [2.75, 3.05) is 13.7 Å². The van der Waals surface area contributed by atoms with Crippen molar-refractivity contribution in [2.24, 2.45) is 11.8 Å². The number of benzene rings is 1. The highest BCUT2D eigenvalue weighted by molar-refractivity contribution is 6.01. The zero-order valence-electron chi connectivity index (χ0n) is 18.2. The molecule has 164 valence electrons. The van der Waals surface area contributed by atoms with E-state index in [2.05, 4.69) is 10.6 Å². The third-order valence-electron chi connectivity index (χ3n) is 4.92. The minimum absolute atomic E-state index is 0.160. The number of esters is 1. The number of methoxy groups -OCH3 is 1. The van der Waals surface area contributed by atoms with Crippen LogP contribution in [-0.2, 0) is 14.3 Å². The zero-order chi connectivity index (χ0) is 22.1. The maximum Gasteiger partial charge on any atom is 0.407 e. The molecule has 2 N–H and O–H groups in total. The molecular weight excluding hydrogens is 384 g/mol. The van der Waals surface area contributed by atoms with Gasteiger partial charge in [0.25, 0.3) is 5.91 Å². The number of carbonyl (C=O) groups is 3. The molecular formula is C23H32N2O5. The van der Waals surface area contributed by atoms with Crippen LogP contribution in [0.15, 0.2) is 42.1 Å². The van der Waals surface area contributed by atoms with Crippen molar-refractivity contribution in [2.45, 2.75) is 52.1 Å². The average molecular weight is 417 g/mol. The lowest BCUT2D eigenvalue weighted by molar-refractivity contribution is -0.136. The lowest BCUT2D eigenvalue weighted by Gasteiger charge is -2.28. The van der Waals surface area contributed by atoms with Crippen LogP contribution in [0.1, 0.15) is 56.8 Å². The van der Waals surface area contributed by atoms with Crippen LogP contribution in [0.25, 0.3) is 0 Å². The molecule has 0 heterocycles. The summed E-state index contributed by atoms with van der Waals surface area (Å²) >= 11 is 0. The molecule has 0 radical (unpaired) electrons. The van der Waals surface area contributed by atoms with Crippen LogP contribution in [0, 0.1) is 11.8 Å². The molecule has 7 nitrogen and oxygen atoms in total. The van der Waals surface area contributed by atoms with Gasteiger partial charge in [0.2, 0.25) is 0 Å². The Morgan fingerprint density at radius 1 is 1.07 bits per heavy atom. The Bertz CT molecular complexity index is 760. The maximum atomic E-state index is 12.4. The highest BCUT2D eigenvalue weighted by atomic mass is 16.6. The van der Waals surface area contributed by atoms with Crippen molar-refractivity contribution in [1.82, 2.24) is 10.6 Å². The van der Waals surface area contributed by atoms with Gasteiger partial charge < -0.3 is 20.1 Å². The number of hydrogen-bond donors (Lipinski definition) is 2. The van der Waals surface area contributed by atoms with Crippen molar-refractivity contribution in [3.8, 4) is 0 Å². The average Bonchev–Trinajstić information content (AvgIpc) is 2.71. The minimum Gasteiger partial charge on any atom is -0.464 e. The van der Waals surface area contributed by atoms with Crippen molar-refractivity contribution < 1.29 is 23.9 Å². The number of amides is 2. The Labute approximate surface area is 178 Å². The first kappa shape index (κ1) is 23.4. The van der Waals surface area contributed by atoms with E-state index in [1.165, 1.54) is 7.11 Å². The van der Waals surface area contributed by atoms with Crippen LogP contribution < -0.4 is 10.6 Å². The first-order valence-electron chi connectivity index (χ1n) is 10.3. The molecule has 1 aliphatic rings. The summed E-state index contributed by atoms with van der Waals surface area (Å²) in [4.78, 5) is 36.4. The number of nitrogens with one attached hydrogen (secondary N) is 2. The number of carbonyl (C=O) groups excluding carboxylic acids is 3. The molecule has 30 heavy (non-hydrogen) atoms. The Morgan fingerprint density at radius 3 is 2.27 bits per heavy atom. The summed E-state index contributed by atoms with van der Waals surface area (Å²) in [7, 11) is 1.30. The van der Waals surface area contributed by atoms with E-state index in [9.17, 15) is 14.4 Å². The minimum atomic E-state index is -0.562. The molecule has 0 saturated heterocycles. The van der Waals surface area contributed by atoms with Gasteiger partial charge in [0.1, 0.15) is 11.3 Å². The fourth-order valence-corrected chi connectivity index (χ4v) is 3.39. The van der Waals surface area contributed by atoms with Crippen LogP contribution in [0.3, 0.4) is 0 Å². The van der Waals surface area contributed by atoms with E-state index in [4.69, 9.17) is 9.47 Å². The second-order valence-corrected chi connectivity index (χ2v) is 8.56. The number of hydrogen-bond acceptors (Lipinski definition) is 5. The summed E-state index contributed by atoms with van der Waals surface area (Å²) in [5.74, 6) is -0.383. The summed E-state index contributed by atoms with van der Waals surface area (Å²) < 4.78 is 10.1. The van der Waals surface area contributed by atoms with Crippen LogP contribution >= 0.6 is 0 Å². The molecule has 1 aromatic rings. The van der Waals surface area contributed by atoms with Gasteiger partial charge in [0, 0.05) is 12.1 Å². The topological polar surface area (TPSA) is 93.7 Å². The van der Waals surface area contributed by atoms with Gasteiger partial charge in [-0.3, -0.25) is 4.79 Å². The van der Waals surface area contributed by atoms with Crippen molar-refractivity contribution in [3.05, 3.63) is 47.7 Å². The quantitative estimate of drug-likeness (QED) is 0.543. The van der Waals surface area contributed by atoms with E-state index >= 15 is 0 Å². The highest BCUT2D eigenvalue weighted by Gasteiger charge is 2.24. The van der Waals surface area contributed by atoms with Gasteiger partial charge in [-0.15, -0.1) is 0 Å². The van der Waals surface area contributed by atoms with Crippen LogP contribution in [0.4, 0.5) is 4.79 Å². The van der Waals surface area contributed by atoms with E-state index in [-0.39, 0.29) is 17.5 Å². The lowest BCUT2D eigenvalue weighted by Crippen LogP contribution is -2.36. The fraction of sp³-hybridized carbons (Fsp3) is 0.522. The zero-order valence-corrected chi connectivity index (χ0v) is 18.2. The first-order valence-corrected chi connectivity index (χ1v) is 10.3. The highest BCUT2D eigenvalue weighted by Crippen LogP contribution is 2.30. The van der Waals surface area contributed by atoms with Gasteiger partial charge >= 0.3 is 12.1 Å². The summed E-state index contributed by atoms with van der Waals surface area (Å²) in [6.45, 7) is 6.07. The first-order chi connectivity index (χ1) is 14.2. The van der Waals surface area contributed by atoms with E-state index in [1.54, 1.807) is 30.3 Å². The SMILES string of the molecule is COC(=O)/C(=C\[C@H]1CC[C@H](CNC(=O)OC(C)(C)C)CC1)NC(=O)c1ccccc1. The lowest BCUT2D eigenvalue weighted by atomic mass is 9.81. The molecule has 0 spiro atoms. The Morgan fingerprint density at radius 2 is 1.70 bits per heavy atom. The molecule has 1 aliphatic carbocycles. The van der Waals surface area contributed by atoms with Crippen molar-refractivity contribution in [3.63, 3.8) is 0 Å². The van der Waals surface area contributed by atoms with E-state index in [1.807, 2.05) is 26.8 Å². The number of rotatable bonds is 6. The third kappa shape index (κ3) is 7.89. The molecule has 0 bridgehead atoms. The van der Waals surface area contributed by atoms with E-state index in [0.717, 1.165) is 25.7 Å². The molecule has 0 unspecified atom stereocenters. The Balaban J connectivity index is 1.89. The fourth-order valence-electron chi connectivity index (χ4n) is 3.39. The summed E-state index contributed by atoms with van der Waals surface area (Å²) in [5, 5.41) is 5.51. The largest absolute Gasteiger partial charge is 0.464 e. The standard InChI is InChI=1S/C23H32N2O5/c1-23(2,3)30-22(28)24-15-17-12-10-16(11-13-17)14-19(21(27)29-4)25-20(26)18-8-6-5-7-9-18/h5-9,14,16-17H,10-13,15H2,1-4H3,(H,24,28)(H,25,26)/b19-14+/t16-,17-. The van der Waals surface area contributed by atoms with Crippen molar-refractivity contribution in [1.29, 1.82) is 0 Å². The monoisotopic (exact) mass is 416 g/mol. The van der Waals surface area contributed by atoms with Gasteiger partial charge in [-0.2, -0.15) is 0 Å². The van der Waals surface area contributed by atoms with Gasteiger partial charge in [-0.05, 0) is 70.4 Å². The summed E-state index contributed by atoms with van der Waals surface area (Å²) in [5.41, 5.74) is 0.131. The Kier molecular flexibility index (Phi) is 8.45.